The first-order valence-corrected chi connectivity index (χ1v) is 8.87. The number of aromatic nitrogens is 1. The largest absolute Gasteiger partial charge is 0.388 e. The number of thiazole rings is 1. The highest BCUT2D eigenvalue weighted by Crippen LogP contribution is 2.26. The van der Waals surface area contributed by atoms with Gasteiger partial charge < -0.3 is 5.32 Å². The normalized spacial score (nSPS) is 13.1. The van der Waals surface area contributed by atoms with Gasteiger partial charge in [0, 0.05) is 17.6 Å². The lowest BCUT2D eigenvalue weighted by molar-refractivity contribution is 0.568. The molecular weight excluding hydrogens is 306 g/mol. The topological polar surface area (TPSA) is 71.1 Å². The van der Waals surface area contributed by atoms with E-state index in [1.54, 1.807) is 31.3 Å². The van der Waals surface area contributed by atoms with Crippen molar-refractivity contribution in [2.75, 3.05) is 12.4 Å². The summed E-state index contributed by atoms with van der Waals surface area (Å²) in [6.45, 7) is 5.64. The van der Waals surface area contributed by atoms with Gasteiger partial charge in [0.25, 0.3) is 0 Å². The molecule has 0 amide bonds. The summed E-state index contributed by atoms with van der Waals surface area (Å²) in [5, 5.41) is 3.90. The molecule has 0 bridgehead atoms. The lowest BCUT2D eigenvalue weighted by atomic mass is 10.2. The van der Waals surface area contributed by atoms with Crippen molar-refractivity contribution in [1.29, 1.82) is 0 Å². The van der Waals surface area contributed by atoms with Crippen molar-refractivity contribution in [2.24, 2.45) is 0 Å². The molecule has 0 fully saturated rings. The molecule has 0 saturated carbocycles. The van der Waals surface area contributed by atoms with E-state index in [0.29, 0.717) is 0 Å². The van der Waals surface area contributed by atoms with Gasteiger partial charge in [-0.05, 0) is 45.0 Å². The molecule has 0 aliphatic carbocycles. The lowest BCUT2D eigenvalue weighted by Gasteiger charge is -2.13. The minimum Gasteiger partial charge on any atom is -0.388 e. The van der Waals surface area contributed by atoms with Gasteiger partial charge >= 0.3 is 0 Å². The van der Waals surface area contributed by atoms with Crippen LogP contribution in [0.25, 0.3) is 0 Å². The second kappa shape index (κ2) is 6.13. The van der Waals surface area contributed by atoms with E-state index in [4.69, 9.17) is 0 Å². The SMILES string of the molecule is CNc1ccc(S(=O)(=O)NC(C)c2sc(C)nc2C)cc1. The molecule has 0 spiro atoms. The molecule has 5 nitrogen and oxygen atoms in total. The van der Waals surface area contributed by atoms with Crippen molar-refractivity contribution in [3.63, 3.8) is 0 Å². The number of hydrogen-bond acceptors (Lipinski definition) is 5. The summed E-state index contributed by atoms with van der Waals surface area (Å²) in [6.07, 6.45) is 0. The number of hydrogen-bond donors (Lipinski definition) is 2. The highest BCUT2D eigenvalue weighted by molar-refractivity contribution is 7.89. The van der Waals surface area contributed by atoms with Crippen LogP contribution in [0.15, 0.2) is 29.2 Å². The first-order chi connectivity index (χ1) is 9.83. The number of anilines is 1. The first-order valence-electron chi connectivity index (χ1n) is 6.57. The maximum atomic E-state index is 12.4. The number of aryl methyl sites for hydroxylation is 2. The van der Waals surface area contributed by atoms with E-state index in [9.17, 15) is 8.42 Å². The number of nitrogens with zero attached hydrogens (tertiary/aromatic N) is 1. The molecule has 114 valence electrons. The Balaban J connectivity index is 2.22. The summed E-state index contributed by atoms with van der Waals surface area (Å²) < 4.78 is 27.5. The van der Waals surface area contributed by atoms with E-state index in [1.807, 2.05) is 20.8 Å². The van der Waals surface area contributed by atoms with Crippen LogP contribution in [0.3, 0.4) is 0 Å². The number of sulfonamides is 1. The molecule has 2 rings (SSSR count). The van der Waals surface area contributed by atoms with Gasteiger partial charge in [0.05, 0.1) is 21.6 Å². The fourth-order valence-corrected chi connectivity index (χ4v) is 4.32. The molecule has 21 heavy (non-hydrogen) atoms. The number of nitrogens with one attached hydrogen (secondary N) is 2. The van der Waals surface area contributed by atoms with Crippen LogP contribution in [0, 0.1) is 13.8 Å². The maximum Gasteiger partial charge on any atom is 0.241 e. The summed E-state index contributed by atoms with van der Waals surface area (Å²) in [5.41, 5.74) is 1.74. The molecule has 0 aliphatic heterocycles. The van der Waals surface area contributed by atoms with Crippen molar-refractivity contribution in [3.05, 3.63) is 39.8 Å². The lowest BCUT2D eigenvalue weighted by Crippen LogP contribution is -2.26. The predicted molar refractivity (Wildman–Crippen MR) is 86.3 cm³/mol. The minimum atomic E-state index is -3.54. The zero-order valence-electron chi connectivity index (χ0n) is 12.5. The van der Waals surface area contributed by atoms with Gasteiger partial charge in [-0.2, -0.15) is 0 Å². The predicted octanol–water partition coefficient (Wildman–Crippen LogP) is 2.84. The Labute approximate surface area is 129 Å². The van der Waals surface area contributed by atoms with Crippen LogP contribution in [0.2, 0.25) is 0 Å². The van der Waals surface area contributed by atoms with Gasteiger partial charge in [0.2, 0.25) is 10.0 Å². The van der Waals surface area contributed by atoms with E-state index in [2.05, 4.69) is 15.0 Å². The third-order valence-corrected chi connectivity index (χ3v) is 5.93. The molecule has 0 aliphatic rings. The van der Waals surface area contributed by atoms with Crippen molar-refractivity contribution in [3.8, 4) is 0 Å². The van der Waals surface area contributed by atoms with Crippen LogP contribution in [0.1, 0.15) is 28.5 Å². The average Bonchev–Trinajstić information content (AvgIpc) is 2.77. The Morgan fingerprint density at radius 3 is 2.29 bits per heavy atom. The van der Waals surface area contributed by atoms with Gasteiger partial charge in [-0.15, -0.1) is 11.3 Å². The minimum absolute atomic E-state index is 0.257. The number of benzene rings is 1. The Kier molecular flexibility index (Phi) is 4.65. The molecule has 1 aromatic carbocycles. The molecule has 2 N–H and O–H groups in total. The quantitative estimate of drug-likeness (QED) is 0.887. The molecule has 0 radical (unpaired) electrons. The van der Waals surface area contributed by atoms with Crippen LogP contribution in [0.4, 0.5) is 5.69 Å². The fourth-order valence-electron chi connectivity index (χ4n) is 2.10. The summed E-state index contributed by atoms with van der Waals surface area (Å²) >= 11 is 1.52. The molecule has 7 heteroatoms. The van der Waals surface area contributed by atoms with Crippen LogP contribution in [0.5, 0.6) is 0 Å². The van der Waals surface area contributed by atoms with Crippen molar-refractivity contribution >= 4 is 27.0 Å². The first kappa shape index (κ1) is 15.9. The standard InChI is InChI=1S/C14H19N3O2S2/c1-9-14(20-11(3)16-9)10(2)17-21(18,19)13-7-5-12(15-4)6-8-13/h5-8,10,15,17H,1-4H3. The molecule has 1 heterocycles. The van der Waals surface area contributed by atoms with Crippen LogP contribution < -0.4 is 10.0 Å². The van der Waals surface area contributed by atoms with Crippen molar-refractivity contribution in [1.82, 2.24) is 9.71 Å². The third kappa shape index (κ3) is 3.61. The maximum absolute atomic E-state index is 12.4. The molecule has 0 saturated heterocycles. The average molecular weight is 325 g/mol. The third-order valence-electron chi connectivity index (χ3n) is 3.12. The summed E-state index contributed by atoms with van der Waals surface area (Å²) in [7, 11) is -1.75. The summed E-state index contributed by atoms with van der Waals surface area (Å²) in [6, 6.07) is 6.35. The van der Waals surface area contributed by atoms with E-state index in [-0.39, 0.29) is 10.9 Å². The molecular formula is C14H19N3O2S2. The highest BCUT2D eigenvalue weighted by Gasteiger charge is 2.21. The Bertz CT molecular complexity index is 721. The fraction of sp³-hybridized carbons (Fsp3) is 0.357. The molecule has 1 atom stereocenters. The van der Waals surface area contributed by atoms with Crippen LogP contribution >= 0.6 is 11.3 Å². The second-order valence-electron chi connectivity index (χ2n) is 4.80. The van der Waals surface area contributed by atoms with Gasteiger partial charge in [-0.1, -0.05) is 0 Å². The monoisotopic (exact) mass is 325 g/mol. The van der Waals surface area contributed by atoms with Gasteiger partial charge in [-0.25, -0.2) is 18.1 Å². The van der Waals surface area contributed by atoms with E-state index in [1.165, 1.54) is 11.3 Å². The zero-order chi connectivity index (χ0) is 15.6. The van der Waals surface area contributed by atoms with Crippen LogP contribution in [-0.2, 0) is 10.0 Å². The van der Waals surface area contributed by atoms with E-state index >= 15 is 0 Å². The Morgan fingerprint density at radius 2 is 1.81 bits per heavy atom. The summed E-state index contributed by atoms with van der Waals surface area (Å²) in [4.78, 5) is 5.54. The molecule has 1 aromatic heterocycles. The van der Waals surface area contributed by atoms with Gasteiger partial charge in [0.1, 0.15) is 0 Å². The van der Waals surface area contributed by atoms with Crippen LogP contribution in [-0.4, -0.2) is 20.4 Å². The zero-order valence-corrected chi connectivity index (χ0v) is 14.1. The molecule has 2 aromatic rings. The smallest absolute Gasteiger partial charge is 0.241 e. The highest BCUT2D eigenvalue weighted by atomic mass is 32.2. The van der Waals surface area contributed by atoms with Crippen molar-refractivity contribution < 1.29 is 8.42 Å². The van der Waals surface area contributed by atoms with Gasteiger partial charge in [0.15, 0.2) is 0 Å². The Hall–Kier alpha value is -1.44. The Morgan fingerprint density at radius 1 is 1.19 bits per heavy atom. The summed E-state index contributed by atoms with van der Waals surface area (Å²) in [5.74, 6) is 0. The van der Waals surface area contributed by atoms with Crippen molar-refractivity contribution in [2.45, 2.75) is 31.7 Å². The second-order valence-corrected chi connectivity index (χ2v) is 7.75. The van der Waals surface area contributed by atoms with E-state index in [0.717, 1.165) is 21.3 Å². The molecule has 1 unspecified atom stereocenters. The van der Waals surface area contributed by atoms with E-state index < -0.39 is 10.0 Å². The number of rotatable bonds is 5. The van der Waals surface area contributed by atoms with Gasteiger partial charge in [-0.3, -0.25) is 0 Å².